The van der Waals surface area contributed by atoms with E-state index in [4.69, 9.17) is 0 Å². The van der Waals surface area contributed by atoms with Gasteiger partial charge in [-0.25, -0.2) is 4.98 Å². The van der Waals surface area contributed by atoms with Crippen LogP contribution in [0.4, 0.5) is 11.5 Å². The van der Waals surface area contributed by atoms with E-state index in [9.17, 15) is 5.11 Å². The third kappa shape index (κ3) is 2.18. The topological polar surface area (TPSA) is 36.4 Å². The lowest BCUT2D eigenvalue weighted by atomic mass is 9.96. The molecule has 0 amide bonds. The summed E-state index contributed by atoms with van der Waals surface area (Å²) < 4.78 is 0. The first kappa shape index (κ1) is 13.1. The normalized spacial score (nSPS) is 19.6. The van der Waals surface area contributed by atoms with E-state index in [0.717, 1.165) is 24.2 Å². The molecule has 3 nitrogen and oxygen atoms in total. The molecule has 1 aliphatic rings. The van der Waals surface area contributed by atoms with Gasteiger partial charge in [-0.1, -0.05) is 24.3 Å². The molecule has 104 valence electrons. The van der Waals surface area contributed by atoms with Gasteiger partial charge in [0.2, 0.25) is 0 Å². The Bertz CT molecular complexity index is 609. The van der Waals surface area contributed by atoms with E-state index < -0.39 is 6.10 Å². The number of hydrogen-bond acceptors (Lipinski definition) is 3. The lowest BCUT2D eigenvalue weighted by Crippen LogP contribution is -2.34. The van der Waals surface area contributed by atoms with Crippen molar-refractivity contribution in [2.24, 2.45) is 0 Å². The van der Waals surface area contributed by atoms with E-state index in [1.165, 1.54) is 11.3 Å². The van der Waals surface area contributed by atoms with E-state index >= 15 is 0 Å². The van der Waals surface area contributed by atoms with Gasteiger partial charge < -0.3 is 10.0 Å². The van der Waals surface area contributed by atoms with Gasteiger partial charge in [0.15, 0.2) is 0 Å². The van der Waals surface area contributed by atoms with Crippen LogP contribution in [0, 0.1) is 0 Å². The molecule has 3 rings (SSSR count). The van der Waals surface area contributed by atoms with Gasteiger partial charge in [-0.05, 0) is 44.4 Å². The molecule has 3 heteroatoms. The molecule has 2 heterocycles. The van der Waals surface area contributed by atoms with E-state index in [2.05, 4.69) is 41.1 Å². The molecule has 0 saturated carbocycles. The average molecular weight is 268 g/mol. The monoisotopic (exact) mass is 268 g/mol. The van der Waals surface area contributed by atoms with Crippen molar-refractivity contribution < 1.29 is 5.11 Å². The third-order valence-corrected chi connectivity index (χ3v) is 4.02. The van der Waals surface area contributed by atoms with Gasteiger partial charge in [-0.3, -0.25) is 0 Å². The van der Waals surface area contributed by atoms with Crippen molar-refractivity contribution in [2.75, 3.05) is 4.90 Å². The predicted octanol–water partition coefficient (Wildman–Crippen LogP) is 3.61. The van der Waals surface area contributed by atoms with E-state index in [0.29, 0.717) is 6.04 Å². The van der Waals surface area contributed by atoms with Crippen LogP contribution in [0.3, 0.4) is 0 Å². The van der Waals surface area contributed by atoms with Crippen LogP contribution in [0.1, 0.15) is 37.5 Å². The van der Waals surface area contributed by atoms with Gasteiger partial charge in [0.25, 0.3) is 0 Å². The van der Waals surface area contributed by atoms with Crippen molar-refractivity contribution in [2.45, 2.75) is 38.8 Å². The highest BCUT2D eigenvalue weighted by Gasteiger charge is 2.27. The lowest BCUT2D eigenvalue weighted by molar-refractivity contribution is 0.199. The van der Waals surface area contributed by atoms with Crippen molar-refractivity contribution in [3.8, 4) is 0 Å². The maximum atomic E-state index is 10.0. The minimum absolute atomic E-state index is 0.386. The quantitative estimate of drug-likeness (QED) is 0.904. The molecule has 0 bridgehead atoms. The number of benzene rings is 1. The predicted molar refractivity (Wildman–Crippen MR) is 81.2 cm³/mol. The fourth-order valence-corrected chi connectivity index (χ4v) is 2.95. The maximum absolute atomic E-state index is 10.0. The second-order valence-corrected chi connectivity index (χ2v) is 5.48. The van der Waals surface area contributed by atoms with Crippen LogP contribution in [-0.4, -0.2) is 16.1 Å². The SMILES string of the molecule is CC1CCc2ccccc2N1c1ncccc1[C@@H](C)O. The highest BCUT2D eigenvalue weighted by atomic mass is 16.3. The van der Waals surface area contributed by atoms with Crippen LogP contribution < -0.4 is 4.90 Å². The Morgan fingerprint density at radius 2 is 2.05 bits per heavy atom. The Labute approximate surface area is 119 Å². The number of fused-ring (bicyclic) bond motifs is 1. The molecule has 1 unspecified atom stereocenters. The molecule has 1 aliphatic heterocycles. The zero-order chi connectivity index (χ0) is 14.1. The van der Waals surface area contributed by atoms with Crippen molar-refractivity contribution in [1.82, 2.24) is 4.98 Å². The fourth-order valence-electron chi connectivity index (χ4n) is 2.95. The van der Waals surface area contributed by atoms with Gasteiger partial charge in [-0.2, -0.15) is 0 Å². The number of nitrogens with zero attached hydrogens (tertiary/aromatic N) is 2. The number of aliphatic hydroxyl groups is 1. The summed E-state index contributed by atoms with van der Waals surface area (Å²) in [4.78, 5) is 6.80. The van der Waals surface area contributed by atoms with Crippen LogP contribution in [0.15, 0.2) is 42.6 Å². The second-order valence-electron chi connectivity index (χ2n) is 5.48. The van der Waals surface area contributed by atoms with Gasteiger partial charge in [0, 0.05) is 23.5 Å². The van der Waals surface area contributed by atoms with Crippen LogP contribution in [0.25, 0.3) is 0 Å². The Morgan fingerprint density at radius 3 is 2.85 bits per heavy atom. The molecule has 0 fully saturated rings. The fraction of sp³-hybridized carbons (Fsp3) is 0.353. The molecule has 2 aromatic rings. The largest absolute Gasteiger partial charge is 0.389 e. The highest BCUT2D eigenvalue weighted by molar-refractivity contribution is 5.68. The Hall–Kier alpha value is -1.87. The number of para-hydroxylation sites is 1. The molecule has 20 heavy (non-hydrogen) atoms. The van der Waals surface area contributed by atoms with Crippen molar-refractivity contribution in [1.29, 1.82) is 0 Å². The minimum Gasteiger partial charge on any atom is -0.389 e. The highest BCUT2D eigenvalue weighted by Crippen LogP contribution is 2.38. The summed E-state index contributed by atoms with van der Waals surface area (Å²) in [6, 6.07) is 12.7. The summed E-state index contributed by atoms with van der Waals surface area (Å²) in [6.07, 6.45) is 3.49. The second kappa shape index (κ2) is 5.25. The molecule has 2 atom stereocenters. The van der Waals surface area contributed by atoms with Crippen molar-refractivity contribution in [3.63, 3.8) is 0 Å². The van der Waals surface area contributed by atoms with Crippen LogP contribution >= 0.6 is 0 Å². The zero-order valence-electron chi connectivity index (χ0n) is 12.0. The van der Waals surface area contributed by atoms with E-state index in [1.807, 2.05) is 12.1 Å². The number of anilines is 2. The number of pyridine rings is 1. The molecule has 1 aromatic heterocycles. The van der Waals surface area contributed by atoms with E-state index in [1.54, 1.807) is 13.1 Å². The van der Waals surface area contributed by atoms with Gasteiger partial charge in [0.05, 0.1) is 6.10 Å². The summed E-state index contributed by atoms with van der Waals surface area (Å²) in [5.74, 6) is 0.877. The molecule has 0 radical (unpaired) electrons. The first-order valence-electron chi connectivity index (χ1n) is 7.18. The number of rotatable bonds is 2. The zero-order valence-corrected chi connectivity index (χ0v) is 12.0. The first-order chi connectivity index (χ1) is 9.68. The number of aliphatic hydroxyl groups excluding tert-OH is 1. The molecule has 0 spiro atoms. The number of aromatic nitrogens is 1. The molecule has 1 aromatic carbocycles. The van der Waals surface area contributed by atoms with Crippen LogP contribution in [-0.2, 0) is 6.42 Å². The molecular weight excluding hydrogens is 248 g/mol. The maximum Gasteiger partial charge on any atom is 0.139 e. The summed E-state index contributed by atoms with van der Waals surface area (Å²) in [5.41, 5.74) is 3.45. The summed E-state index contributed by atoms with van der Waals surface area (Å²) in [6.45, 7) is 4.01. The van der Waals surface area contributed by atoms with Gasteiger partial charge in [-0.15, -0.1) is 0 Å². The lowest BCUT2D eigenvalue weighted by Gasteiger charge is -2.37. The third-order valence-electron chi connectivity index (χ3n) is 4.02. The first-order valence-corrected chi connectivity index (χ1v) is 7.18. The Balaban J connectivity index is 2.14. The molecule has 0 aliphatic carbocycles. The molecular formula is C17H20N2O. The summed E-state index contributed by atoms with van der Waals surface area (Å²) in [7, 11) is 0. The van der Waals surface area contributed by atoms with Gasteiger partial charge in [0.1, 0.15) is 5.82 Å². The Kier molecular flexibility index (Phi) is 3.45. The van der Waals surface area contributed by atoms with Crippen molar-refractivity contribution in [3.05, 3.63) is 53.7 Å². The van der Waals surface area contributed by atoms with Crippen LogP contribution in [0.2, 0.25) is 0 Å². The number of aryl methyl sites for hydroxylation is 1. The van der Waals surface area contributed by atoms with Crippen LogP contribution in [0.5, 0.6) is 0 Å². The van der Waals surface area contributed by atoms with Gasteiger partial charge >= 0.3 is 0 Å². The molecule has 1 N–H and O–H groups in total. The summed E-state index contributed by atoms with van der Waals surface area (Å²) >= 11 is 0. The number of hydrogen-bond donors (Lipinski definition) is 1. The standard InChI is InChI=1S/C17H20N2O/c1-12-9-10-14-6-3-4-8-16(14)19(12)17-15(13(2)20)7-5-11-18-17/h3-8,11-13,20H,9-10H2,1-2H3/t12?,13-/m1/s1. The van der Waals surface area contributed by atoms with Crippen molar-refractivity contribution >= 4 is 11.5 Å². The minimum atomic E-state index is -0.514. The summed E-state index contributed by atoms with van der Waals surface area (Å²) in [5, 5.41) is 10.0. The molecule has 0 saturated heterocycles. The van der Waals surface area contributed by atoms with E-state index in [-0.39, 0.29) is 0 Å². The smallest absolute Gasteiger partial charge is 0.139 e. The Morgan fingerprint density at radius 1 is 1.25 bits per heavy atom. The average Bonchev–Trinajstić information content (AvgIpc) is 2.47.